The van der Waals surface area contributed by atoms with Crippen LogP contribution in [0.1, 0.15) is 30.4 Å². The van der Waals surface area contributed by atoms with E-state index in [2.05, 4.69) is 40.5 Å². The number of carbonyl (C=O) groups is 1. The van der Waals surface area contributed by atoms with Crippen molar-refractivity contribution in [3.8, 4) is 0 Å². The Labute approximate surface area is 210 Å². The van der Waals surface area contributed by atoms with E-state index in [1.807, 2.05) is 65.6 Å². The van der Waals surface area contributed by atoms with Gasteiger partial charge in [-0.1, -0.05) is 78.9 Å². The van der Waals surface area contributed by atoms with Crippen LogP contribution in [-0.4, -0.2) is 37.1 Å². The fourth-order valence-corrected chi connectivity index (χ4v) is 4.64. The number of piperidine rings is 1. The summed E-state index contributed by atoms with van der Waals surface area (Å²) in [6.45, 7) is 4.60. The Morgan fingerprint density at radius 3 is 2.00 bits per heavy atom. The third kappa shape index (κ3) is 7.89. The molecule has 180 valence electrons. The van der Waals surface area contributed by atoms with Crippen molar-refractivity contribution >= 4 is 24.1 Å². The van der Waals surface area contributed by atoms with Gasteiger partial charge < -0.3 is 10.2 Å². The van der Waals surface area contributed by atoms with Crippen LogP contribution in [0.2, 0.25) is 0 Å². The zero-order valence-electron chi connectivity index (χ0n) is 19.8. The summed E-state index contributed by atoms with van der Waals surface area (Å²) < 4.78 is 0. The van der Waals surface area contributed by atoms with Gasteiger partial charge in [0.2, 0.25) is 0 Å². The lowest BCUT2D eigenvalue weighted by Crippen LogP contribution is -2.42. The largest absolute Gasteiger partial charge is 0.334 e. The summed E-state index contributed by atoms with van der Waals surface area (Å²) >= 11 is 0. The molecule has 0 aliphatic carbocycles. The van der Waals surface area contributed by atoms with Gasteiger partial charge in [0.05, 0.1) is 0 Å². The molecule has 1 fully saturated rings. The Bertz CT molecular complexity index is 960. The van der Waals surface area contributed by atoms with E-state index >= 15 is 0 Å². The van der Waals surface area contributed by atoms with Crippen LogP contribution in [0.3, 0.4) is 0 Å². The summed E-state index contributed by atoms with van der Waals surface area (Å²) in [5.74, 6) is 0.785. The minimum absolute atomic E-state index is 0. The van der Waals surface area contributed by atoms with Crippen LogP contribution in [0.25, 0.3) is 0 Å². The van der Waals surface area contributed by atoms with Gasteiger partial charge in [-0.05, 0) is 74.5 Å². The molecule has 4 rings (SSSR count). The SMILES string of the molecule is Cl.O=C(NCc1ccccc1)N(CCCN1CCC(Cc2ccccc2)CC1)c1ccccc1. The maximum Gasteiger partial charge on any atom is 0.322 e. The van der Waals surface area contributed by atoms with Crippen molar-refractivity contribution in [1.29, 1.82) is 0 Å². The third-order valence-corrected chi connectivity index (χ3v) is 6.53. The lowest BCUT2D eigenvalue weighted by molar-refractivity contribution is 0.183. The van der Waals surface area contributed by atoms with Gasteiger partial charge in [-0.25, -0.2) is 4.79 Å². The Balaban J connectivity index is 0.00000324. The molecular weight excluding hydrogens is 442 g/mol. The molecule has 2 amide bonds. The normalized spacial score (nSPS) is 14.2. The summed E-state index contributed by atoms with van der Waals surface area (Å²) in [6.07, 6.45) is 4.68. The van der Waals surface area contributed by atoms with E-state index < -0.39 is 0 Å². The van der Waals surface area contributed by atoms with E-state index in [1.54, 1.807) is 0 Å². The average molecular weight is 478 g/mol. The summed E-state index contributed by atoms with van der Waals surface area (Å²) in [5.41, 5.74) is 3.51. The van der Waals surface area contributed by atoms with Crippen LogP contribution in [0.5, 0.6) is 0 Å². The molecule has 1 N–H and O–H groups in total. The van der Waals surface area contributed by atoms with Gasteiger partial charge >= 0.3 is 6.03 Å². The molecule has 0 bridgehead atoms. The number of anilines is 1. The minimum Gasteiger partial charge on any atom is -0.334 e. The van der Waals surface area contributed by atoms with Crippen molar-refractivity contribution in [3.63, 3.8) is 0 Å². The predicted molar refractivity (Wildman–Crippen MR) is 144 cm³/mol. The highest BCUT2D eigenvalue weighted by molar-refractivity contribution is 5.91. The van der Waals surface area contributed by atoms with Crippen LogP contribution < -0.4 is 10.2 Å². The van der Waals surface area contributed by atoms with Crippen LogP contribution in [0.4, 0.5) is 10.5 Å². The van der Waals surface area contributed by atoms with Crippen molar-refractivity contribution in [2.75, 3.05) is 31.1 Å². The van der Waals surface area contributed by atoms with Crippen molar-refractivity contribution in [3.05, 3.63) is 102 Å². The lowest BCUT2D eigenvalue weighted by atomic mass is 9.90. The quantitative estimate of drug-likeness (QED) is 0.400. The molecule has 1 heterocycles. The number of para-hydroxylation sites is 1. The summed E-state index contributed by atoms with van der Waals surface area (Å²) in [4.78, 5) is 17.5. The fraction of sp³-hybridized carbons (Fsp3) is 0.345. The van der Waals surface area contributed by atoms with Crippen LogP contribution in [0.15, 0.2) is 91.0 Å². The zero-order valence-corrected chi connectivity index (χ0v) is 20.6. The first-order chi connectivity index (χ1) is 16.3. The molecule has 0 unspecified atom stereocenters. The second kappa shape index (κ2) is 13.8. The number of halogens is 1. The number of amides is 2. The third-order valence-electron chi connectivity index (χ3n) is 6.53. The lowest BCUT2D eigenvalue weighted by Gasteiger charge is -2.32. The second-order valence-corrected chi connectivity index (χ2v) is 8.96. The average Bonchev–Trinajstić information content (AvgIpc) is 2.88. The van der Waals surface area contributed by atoms with Crippen LogP contribution in [-0.2, 0) is 13.0 Å². The first-order valence-electron chi connectivity index (χ1n) is 12.2. The first kappa shape index (κ1) is 25.8. The first-order valence-corrected chi connectivity index (χ1v) is 12.2. The number of nitrogens with zero attached hydrogens (tertiary/aromatic N) is 2. The second-order valence-electron chi connectivity index (χ2n) is 8.96. The van der Waals surface area contributed by atoms with E-state index in [9.17, 15) is 4.79 Å². The van der Waals surface area contributed by atoms with Gasteiger partial charge in [0.15, 0.2) is 0 Å². The van der Waals surface area contributed by atoms with E-state index in [0.29, 0.717) is 13.1 Å². The molecule has 1 aliphatic rings. The monoisotopic (exact) mass is 477 g/mol. The Morgan fingerprint density at radius 1 is 0.824 bits per heavy atom. The van der Waals surface area contributed by atoms with Crippen molar-refractivity contribution < 1.29 is 4.79 Å². The minimum atomic E-state index is -0.0355. The van der Waals surface area contributed by atoms with E-state index in [1.165, 1.54) is 24.8 Å². The number of likely N-dealkylation sites (tertiary alicyclic amines) is 1. The number of carbonyl (C=O) groups excluding carboxylic acids is 1. The topological polar surface area (TPSA) is 35.6 Å². The predicted octanol–water partition coefficient (Wildman–Crippen LogP) is 6.17. The van der Waals surface area contributed by atoms with Crippen LogP contribution >= 0.6 is 12.4 Å². The van der Waals surface area contributed by atoms with E-state index in [0.717, 1.165) is 43.2 Å². The maximum atomic E-state index is 13.0. The van der Waals surface area contributed by atoms with Gasteiger partial charge in [0, 0.05) is 18.8 Å². The number of rotatable bonds is 9. The fourth-order valence-electron chi connectivity index (χ4n) is 4.64. The molecule has 0 aromatic heterocycles. The van der Waals surface area contributed by atoms with E-state index in [4.69, 9.17) is 0 Å². The molecule has 5 heteroatoms. The van der Waals surface area contributed by atoms with Gasteiger partial charge in [0.25, 0.3) is 0 Å². The van der Waals surface area contributed by atoms with Gasteiger partial charge in [-0.2, -0.15) is 0 Å². The molecular formula is C29H36ClN3O. The molecule has 4 nitrogen and oxygen atoms in total. The number of nitrogens with one attached hydrogen (secondary N) is 1. The van der Waals surface area contributed by atoms with Gasteiger partial charge in [-0.3, -0.25) is 4.90 Å². The number of hydrogen-bond acceptors (Lipinski definition) is 2. The smallest absolute Gasteiger partial charge is 0.322 e. The zero-order chi connectivity index (χ0) is 22.7. The standard InChI is InChI=1S/C29H35N3O.ClH/c33-29(30-24-27-13-6-2-7-14-27)32(28-15-8-3-9-16-28)20-10-19-31-21-17-26(18-22-31)23-25-11-4-1-5-12-25;/h1-9,11-16,26H,10,17-24H2,(H,30,33);1H. The molecule has 3 aromatic rings. The Hall–Kier alpha value is -2.82. The Morgan fingerprint density at radius 2 is 1.38 bits per heavy atom. The molecule has 0 radical (unpaired) electrons. The van der Waals surface area contributed by atoms with Crippen LogP contribution in [0, 0.1) is 5.92 Å². The number of urea groups is 1. The molecule has 3 aromatic carbocycles. The summed E-state index contributed by atoms with van der Waals surface area (Å²) in [6, 6.07) is 30.9. The molecule has 0 atom stereocenters. The molecule has 34 heavy (non-hydrogen) atoms. The van der Waals surface area contributed by atoms with Gasteiger partial charge in [-0.15, -0.1) is 12.4 Å². The summed E-state index contributed by atoms with van der Waals surface area (Å²) in [5, 5.41) is 3.09. The summed E-state index contributed by atoms with van der Waals surface area (Å²) in [7, 11) is 0. The highest BCUT2D eigenvalue weighted by Crippen LogP contribution is 2.22. The number of benzene rings is 3. The molecule has 0 spiro atoms. The highest BCUT2D eigenvalue weighted by atomic mass is 35.5. The van der Waals surface area contributed by atoms with Crippen molar-refractivity contribution in [2.45, 2.75) is 32.2 Å². The Kier molecular flexibility index (Phi) is 10.5. The molecule has 1 aliphatic heterocycles. The molecule has 1 saturated heterocycles. The maximum absolute atomic E-state index is 13.0. The molecule has 0 saturated carbocycles. The van der Waals surface area contributed by atoms with Gasteiger partial charge in [0.1, 0.15) is 0 Å². The highest BCUT2D eigenvalue weighted by Gasteiger charge is 2.20. The van der Waals surface area contributed by atoms with Crippen molar-refractivity contribution in [1.82, 2.24) is 10.2 Å². The van der Waals surface area contributed by atoms with Crippen molar-refractivity contribution in [2.24, 2.45) is 5.92 Å². The number of hydrogen-bond donors (Lipinski definition) is 1. The van der Waals surface area contributed by atoms with E-state index in [-0.39, 0.29) is 18.4 Å².